The summed E-state index contributed by atoms with van der Waals surface area (Å²) in [5.41, 5.74) is 3.81. The number of benzene rings is 3. The highest BCUT2D eigenvalue weighted by molar-refractivity contribution is 6.30. The molecular formula is C36H39ClF2N4O7. The van der Waals surface area contributed by atoms with Crippen LogP contribution in [0.3, 0.4) is 0 Å². The minimum absolute atomic E-state index is 0.00535. The molecule has 11 nitrogen and oxygen atoms in total. The summed E-state index contributed by atoms with van der Waals surface area (Å²) in [5, 5.41) is 15.2. The predicted molar refractivity (Wildman–Crippen MR) is 181 cm³/mol. The molecule has 3 aromatic carbocycles. The van der Waals surface area contributed by atoms with E-state index in [4.69, 9.17) is 16.3 Å². The Kier molecular flexibility index (Phi) is 11.6. The Morgan fingerprint density at radius 1 is 1.00 bits per heavy atom. The number of carboxylic acid groups (broad SMARTS) is 1. The average Bonchev–Trinajstić information content (AvgIpc) is 3.42. The van der Waals surface area contributed by atoms with E-state index in [0.29, 0.717) is 17.9 Å². The van der Waals surface area contributed by atoms with Crippen LogP contribution in [0.25, 0.3) is 11.1 Å². The predicted octanol–water partition coefficient (Wildman–Crippen LogP) is 5.50. The SMILES string of the molecule is CC(NC(=O)OCC1c2ccccc2-c2ccccc21)C(=O)NC(COC(F)F)C(=O)N(C)C1(Cc2ccc(Cl)cc2)CCCN(C(=O)O)C1. The van der Waals surface area contributed by atoms with Gasteiger partial charge in [-0.15, -0.1) is 0 Å². The van der Waals surface area contributed by atoms with Crippen LogP contribution in [-0.2, 0) is 25.5 Å². The van der Waals surface area contributed by atoms with E-state index in [1.807, 2.05) is 48.5 Å². The Morgan fingerprint density at radius 2 is 1.62 bits per heavy atom. The molecule has 3 unspecified atom stereocenters. The number of alkyl halides is 2. The molecule has 50 heavy (non-hydrogen) atoms. The molecule has 0 spiro atoms. The van der Waals surface area contributed by atoms with Crippen LogP contribution >= 0.6 is 11.6 Å². The Morgan fingerprint density at radius 3 is 2.22 bits per heavy atom. The molecule has 3 atom stereocenters. The zero-order valence-corrected chi connectivity index (χ0v) is 28.4. The van der Waals surface area contributed by atoms with Crippen molar-refractivity contribution in [2.24, 2.45) is 0 Å². The quantitative estimate of drug-likeness (QED) is 0.225. The number of hydrogen-bond donors (Lipinski definition) is 3. The maximum atomic E-state index is 14.0. The van der Waals surface area contributed by atoms with Crippen LogP contribution in [0.2, 0.25) is 5.02 Å². The van der Waals surface area contributed by atoms with Gasteiger partial charge in [0.25, 0.3) is 0 Å². The Bertz CT molecular complexity index is 1670. The van der Waals surface area contributed by atoms with Gasteiger partial charge in [-0.2, -0.15) is 8.78 Å². The first kappa shape index (κ1) is 36.5. The fourth-order valence-electron chi connectivity index (χ4n) is 6.78. The molecule has 0 aromatic heterocycles. The zero-order chi connectivity index (χ0) is 36.0. The summed E-state index contributed by atoms with van der Waals surface area (Å²) >= 11 is 6.06. The molecule has 266 valence electrons. The van der Waals surface area contributed by atoms with E-state index in [2.05, 4.69) is 15.4 Å². The Balaban J connectivity index is 1.26. The van der Waals surface area contributed by atoms with Crippen molar-refractivity contribution >= 4 is 35.6 Å². The molecule has 0 radical (unpaired) electrons. The number of rotatable bonds is 12. The van der Waals surface area contributed by atoms with Crippen LogP contribution in [0, 0.1) is 0 Å². The lowest BCUT2D eigenvalue weighted by molar-refractivity contribution is -0.156. The van der Waals surface area contributed by atoms with Gasteiger partial charge in [-0.25, -0.2) is 9.59 Å². The number of nitrogens with zero attached hydrogens (tertiary/aromatic N) is 2. The number of carbonyl (C=O) groups is 4. The smallest absolute Gasteiger partial charge is 0.407 e. The largest absolute Gasteiger partial charge is 0.465 e. The third kappa shape index (κ3) is 8.33. The summed E-state index contributed by atoms with van der Waals surface area (Å²) in [6.07, 6.45) is -0.978. The summed E-state index contributed by atoms with van der Waals surface area (Å²) in [5.74, 6) is -1.82. The number of amides is 4. The van der Waals surface area contributed by atoms with Gasteiger partial charge in [-0.05, 0) is 66.1 Å². The summed E-state index contributed by atoms with van der Waals surface area (Å²) < 4.78 is 36.4. The van der Waals surface area contributed by atoms with Crippen molar-refractivity contribution < 1.29 is 42.5 Å². The highest BCUT2D eigenvalue weighted by atomic mass is 35.5. The molecule has 14 heteroatoms. The first-order chi connectivity index (χ1) is 23.9. The number of likely N-dealkylation sites (tertiary alicyclic amines) is 1. The van der Waals surface area contributed by atoms with Crippen molar-refractivity contribution in [1.82, 2.24) is 20.4 Å². The first-order valence-electron chi connectivity index (χ1n) is 16.2. The molecular weight excluding hydrogens is 674 g/mol. The molecule has 1 heterocycles. The third-order valence-corrected chi connectivity index (χ3v) is 9.64. The number of piperidine rings is 1. The van der Waals surface area contributed by atoms with Crippen molar-refractivity contribution in [2.75, 3.05) is 33.4 Å². The standard InChI is InChI=1S/C36H39ClF2N4O7/c1-22(40-34(46)50-19-29-27-10-5-3-8-25(27)26-9-4-6-11-28(26)29)31(44)41-30(20-49-33(38)39)32(45)42(2)36(16-7-17-43(21-36)35(47)48)18-23-12-14-24(37)15-13-23/h3-6,8-15,22,29-30,33H,7,16-21H2,1-2H3,(H,40,46)(H,41,44)(H,47,48). The molecule has 4 amide bonds. The molecule has 3 aromatic rings. The second-order valence-corrected chi connectivity index (χ2v) is 13.0. The van der Waals surface area contributed by atoms with E-state index >= 15 is 0 Å². The van der Waals surface area contributed by atoms with Crippen LogP contribution in [0.15, 0.2) is 72.8 Å². The van der Waals surface area contributed by atoms with E-state index in [1.165, 1.54) is 23.8 Å². The number of halogens is 3. The second kappa shape index (κ2) is 15.9. The normalized spacial score (nSPS) is 18.1. The lowest BCUT2D eigenvalue weighted by atomic mass is 9.81. The third-order valence-electron chi connectivity index (χ3n) is 9.39. The van der Waals surface area contributed by atoms with E-state index in [9.17, 15) is 33.1 Å². The summed E-state index contributed by atoms with van der Waals surface area (Å²) in [4.78, 5) is 54.6. The monoisotopic (exact) mass is 712 g/mol. The van der Waals surface area contributed by atoms with Gasteiger partial charge in [-0.1, -0.05) is 72.3 Å². The Hall–Kier alpha value is -4.75. The van der Waals surface area contributed by atoms with Crippen molar-refractivity contribution in [3.63, 3.8) is 0 Å². The van der Waals surface area contributed by atoms with Crippen LogP contribution in [0.4, 0.5) is 18.4 Å². The van der Waals surface area contributed by atoms with Crippen molar-refractivity contribution in [3.8, 4) is 11.1 Å². The summed E-state index contributed by atoms with van der Waals surface area (Å²) in [6.45, 7) is -2.53. The maximum Gasteiger partial charge on any atom is 0.407 e. The van der Waals surface area contributed by atoms with Crippen molar-refractivity contribution in [1.29, 1.82) is 0 Å². The van der Waals surface area contributed by atoms with Gasteiger partial charge < -0.3 is 35.0 Å². The minimum atomic E-state index is -3.23. The number of ether oxygens (including phenoxy) is 2. The number of hydrogen-bond acceptors (Lipinski definition) is 6. The maximum absolute atomic E-state index is 14.0. The highest BCUT2D eigenvalue weighted by Crippen LogP contribution is 2.44. The van der Waals surface area contributed by atoms with Crippen LogP contribution in [0.5, 0.6) is 0 Å². The molecule has 2 aliphatic rings. The van der Waals surface area contributed by atoms with Crippen molar-refractivity contribution in [2.45, 2.75) is 56.3 Å². The fourth-order valence-corrected chi connectivity index (χ4v) is 6.91. The van der Waals surface area contributed by atoms with E-state index in [0.717, 1.165) is 27.8 Å². The van der Waals surface area contributed by atoms with E-state index in [1.54, 1.807) is 24.3 Å². The molecule has 5 rings (SSSR count). The molecule has 1 aliphatic heterocycles. The molecule has 1 saturated heterocycles. The van der Waals surface area contributed by atoms with Gasteiger partial charge in [0.1, 0.15) is 18.7 Å². The van der Waals surface area contributed by atoms with Crippen LogP contribution in [0.1, 0.15) is 42.4 Å². The van der Waals surface area contributed by atoms with Gasteiger partial charge in [0.15, 0.2) is 0 Å². The highest BCUT2D eigenvalue weighted by Gasteiger charge is 2.45. The summed E-state index contributed by atoms with van der Waals surface area (Å²) in [7, 11) is 1.45. The van der Waals surface area contributed by atoms with Gasteiger partial charge in [0, 0.05) is 31.1 Å². The number of nitrogens with one attached hydrogen (secondary N) is 2. The molecule has 1 fully saturated rings. The van der Waals surface area contributed by atoms with E-state index in [-0.39, 0.29) is 32.0 Å². The average molecular weight is 713 g/mol. The fraction of sp³-hybridized carbons (Fsp3) is 0.389. The lowest BCUT2D eigenvalue weighted by Gasteiger charge is -2.48. The zero-order valence-electron chi connectivity index (χ0n) is 27.6. The summed E-state index contributed by atoms with van der Waals surface area (Å²) in [6, 6.07) is 19.7. The van der Waals surface area contributed by atoms with E-state index < -0.39 is 54.8 Å². The number of likely N-dealkylation sites (N-methyl/N-ethyl adjacent to an activating group) is 1. The minimum Gasteiger partial charge on any atom is -0.465 e. The number of alkyl carbamates (subject to hydrolysis) is 1. The molecule has 1 aliphatic carbocycles. The number of carbonyl (C=O) groups excluding carboxylic acids is 3. The van der Waals surface area contributed by atoms with Crippen LogP contribution < -0.4 is 10.6 Å². The second-order valence-electron chi connectivity index (χ2n) is 12.6. The van der Waals surface area contributed by atoms with Gasteiger partial charge >= 0.3 is 18.8 Å². The molecule has 0 saturated carbocycles. The van der Waals surface area contributed by atoms with Gasteiger partial charge in [0.2, 0.25) is 11.8 Å². The molecule has 0 bridgehead atoms. The van der Waals surface area contributed by atoms with Crippen molar-refractivity contribution in [3.05, 3.63) is 94.5 Å². The lowest BCUT2D eigenvalue weighted by Crippen LogP contribution is -2.65. The topological polar surface area (TPSA) is 138 Å². The first-order valence-corrected chi connectivity index (χ1v) is 16.6. The van der Waals surface area contributed by atoms with Gasteiger partial charge in [0.05, 0.1) is 12.1 Å². The Labute approximate surface area is 293 Å². The number of fused-ring (bicyclic) bond motifs is 3. The van der Waals surface area contributed by atoms with Gasteiger partial charge in [-0.3, -0.25) is 9.59 Å². The van der Waals surface area contributed by atoms with Crippen LogP contribution in [-0.4, -0.2) is 96.5 Å². The molecule has 3 N–H and O–H groups in total.